The first-order valence-electron chi connectivity index (χ1n) is 11.1. The molecule has 3 heterocycles. The number of nitrogens with one attached hydrogen (secondary N) is 1. The van der Waals surface area contributed by atoms with Crippen molar-refractivity contribution in [1.82, 2.24) is 20.2 Å². The van der Waals surface area contributed by atoms with Gasteiger partial charge in [-0.05, 0) is 31.0 Å². The summed E-state index contributed by atoms with van der Waals surface area (Å²) in [6.07, 6.45) is -0.224. The van der Waals surface area contributed by atoms with Crippen LogP contribution in [0.4, 0.5) is 13.2 Å². The summed E-state index contributed by atoms with van der Waals surface area (Å²) in [6.45, 7) is 0.970. The molecule has 0 aliphatic carbocycles. The number of thiazole rings is 1. The molecule has 1 aliphatic rings. The zero-order valence-corrected chi connectivity index (χ0v) is 20.4. The Hall–Kier alpha value is -3.20. The lowest BCUT2D eigenvalue weighted by molar-refractivity contribution is 0.0702. The zero-order valence-electron chi connectivity index (χ0n) is 18.8. The van der Waals surface area contributed by atoms with Gasteiger partial charge in [0.15, 0.2) is 0 Å². The minimum atomic E-state index is -2.77. The molecule has 1 amide bonds. The number of benzene rings is 1. The lowest BCUT2D eigenvalue weighted by Crippen LogP contribution is -2.44. The Morgan fingerprint density at radius 1 is 1.31 bits per heavy atom. The lowest BCUT2D eigenvalue weighted by Gasteiger charge is -2.37. The number of amides is 1. The van der Waals surface area contributed by atoms with Crippen LogP contribution < -0.4 is 10.1 Å². The topological polar surface area (TPSA) is 91.1 Å². The first-order chi connectivity index (χ1) is 17.4. The van der Waals surface area contributed by atoms with Crippen molar-refractivity contribution in [1.29, 1.82) is 5.26 Å². The maximum absolute atomic E-state index is 14.2. The Kier molecular flexibility index (Phi) is 8.40. The molecule has 3 aromatic rings. The van der Waals surface area contributed by atoms with Crippen LogP contribution >= 0.6 is 22.9 Å². The van der Waals surface area contributed by atoms with Gasteiger partial charge in [-0.1, -0.05) is 17.7 Å². The fraction of sp³-hybridized carbons (Fsp3) is 0.333. The molecule has 1 aliphatic heterocycles. The van der Waals surface area contributed by atoms with Crippen LogP contribution in [0.2, 0.25) is 5.02 Å². The second-order valence-corrected chi connectivity index (χ2v) is 9.36. The van der Waals surface area contributed by atoms with Crippen molar-refractivity contribution in [3.05, 3.63) is 74.7 Å². The molecule has 36 heavy (non-hydrogen) atoms. The molecule has 0 radical (unpaired) electrons. The molecule has 4 rings (SSSR count). The van der Waals surface area contributed by atoms with Crippen LogP contribution in [-0.4, -0.2) is 46.5 Å². The molecular formula is C24H21ClF3N5O2S. The van der Waals surface area contributed by atoms with Crippen molar-refractivity contribution in [2.45, 2.75) is 31.4 Å². The van der Waals surface area contributed by atoms with Gasteiger partial charge in [-0.2, -0.15) is 5.26 Å². The van der Waals surface area contributed by atoms with Gasteiger partial charge in [-0.3, -0.25) is 9.69 Å². The maximum atomic E-state index is 14.2. The SMILES string of the molecule is N#Cc1cc(OC2CCN(C(CNC(=O)c3c(F)cccc3Cl)c3scnc3C(F)F)CC2)ccn1. The number of carbonyl (C=O) groups is 1. The molecule has 1 N–H and O–H groups in total. The Labute approximate surface area is 214 Å². The van der Waals surface area contributed by atoms with Crippen LogP contribution in [0.25, 0.3) is 0 Å². The molecule has 1 unspecified atom stereocenters. The van der Waals surface area contributed by atoms with E-state index in [2.05, 4.69) is 15.3 Å². The smallest absolute Gasteiger partial charge is 0.281 e. The van der Waals surface area contributed by atoms with Crippen LogP contribution in [0.5, 0.6) is 5.75 Å². The van der Waals surface area contributed by atoms with E-state index in [9.17, 15) is 18.0 Å². The van der Waals surface area contributed by atoms with Crippen molar-refractivity contribution >= 4 is 28.8 Å². The number of piperidine rings is 1. The molecule has 1 aromatic carbocycles. The molecule has 7 nitrogen and oxygen atoms in total. The maximum Gasteiger partial charge on any atom is 0.281 e. The summed E-state index contributed by atoms with van der Waals surface area (Å²) < 4.78 is 47.5. The summed E-state index contributed by atoms with van der Waals surface area (Å²) in [5.41, 5.74) is 0.978. The summed E-state index contributed by atoms with van der Waals surface area (Å²) >= 11 is 7.09. The van der Waals surface area contributed by atoms with Gasteiger partial charge >= 0.3 is 0 Å². The summed E-state index contributed by atoms with van der Waals surface area (Å²) in [7, 11) is 0. The van der Waals surface area contributed by atoms with Gasteiger partial charge in [0.2, 0.25) is 0 Å². The number of aromatic nitrogens is 2. The number of pyridine rings is 1. The summed E-state index contributed by atoms with van der Waals surface area (Å²) in [4.78, 5) is 22.8. The van der Waals surface area contributed by atoms with E-state index in [1.807, 2.05) is 11.0 Å². The number of nitriles is 1. The van der Waals surface area contributed by atoms with E-state index >= 15 is 0 Å². The van der Waals surface area contributed by atoms with Crippen LogP contribution in [0, 0.1) is 17.1 Å². The minimum absolute atomic E-state index is 0.0349. The third-order valence-corrected chi connectivity index (χ3v) is 7.11. The van der Waals surface area contributed by atoms with E-state index in [0.717, 1.165) is 17.4 Å². The third-order valence-electron chi connectivity index (χ3n) is 5.85. The first-order valence-corrected chi connectivity index (χ1v) is 12.3. The van der Waals surface area contributed by atoms with Crippen molar-refractivity contribution in [3.63, 3.8) is 0 Å². The van der Waals surface area contributed by atoms with Gasteiger partial charge in [-0.25, -0.2) is 23.1 Å². The Bertz CT molecular complexity index is 1240. The number of likely N-dealkylation sites (tertiary alicyclic amines) is 1. The zero-order chi connectivity index (χ0) is 25.7. The number of carbonyl (C=O) groups excluding carboxylic acids is 1. The Balaban J connectivity index is 1.47. The van der Waals surface area contributed by atoms with Crippen molar-refractivity contribution < 1.29 is 22.7 Å². The second-order valence-electron chi connectivity index (χ2n) is 8.07. The second kappa shape index (κ2) is 11.7. The number of alkyl halides is 2. The molecule has 1 atom stereocenters. The normalized spacial score (nSPS) is 15.4. The first kappa shape index (κ1) is 25.9. The molecule has 0 bridgehead atoms. The number of hydrogen-bond acceptors (Lipinski definition) is 7. The summed E-state index contributed by atoms with van der Waals surface area (Å²) in [6, 6.07) is 8.53. The van der Waals surface area contributed by atoms with E-state index in [1.54, 1.807) is 12.1 Å². The largest absolute Gasteiger partial charge is 0.490 e. The van der Waals surface area contributed by atoms with Gasteiger partial charge in [0.05, 0.1) is 27.0 Å². The van der Waals surface area contributed by atoms with E-state index < -0.39 is 24.2 Å². The van der Waals surface area contributed by atoms with Crippen LogP contribution in [0.1, 0.15) is 51.9 Å². The number of nitrogens with zero attached hydrogens (tertiary/aromatic N) is 4. The molecule has 12 heteroatoms. The molecule has 1 fully saturated rings. The quantitative estimate of drug-likeness (QED) is 0.429. The van der Waals surface area contributed by atoms with Crippen LogP contribution in [-0.2, 0) is 0 Å². The van der Waals surface area contributed by atoms with E-state index in [4.69, 9.17) is 21.6 Å². The number of hydrogen-bond donors (Lipinski definition) is 1. The summed E-state index contributed by atoms with van der Waals surface area (Å²) in [5, 5.41) is 11.6. The van der Waals surface area contributed by atoms with Crippen molar-refractivity contribution in [2.75, 3.05) is 19.6 Å². The van der Waals surface area contributed by atoms with Crippen LogP contribution in [0.3, 0.4) is 0 Å². The van der Waals surface area contributed by atoms with Gasteiger partial charge < -0.3 is 10.1 Å². The standard InChI is InChI=1S/C24H21ClF3N5O2S/c25-17-2-1-3-18(26)20(17)24(34)31-12-19(22-21(23(27)28)32-13-36-22)33-8-5-15(6-9-33)35-16-4-7-30-14(10-16)11-29/h1-4,7,10,13,15,19,23H,5-6,8-9,12H2,(H,31,34). The highest BCUT2D eigenvalue weighted by atomic mass is 35.5. The molecule has 188 valence electrons. The average Bonchev–Trinajstić information content (AvgIpc) is 3.35. The highest BCUT2D eigenvalue weighted by molar-refractivity contribution is 7.09. The van der Waals surface area contributed by atoms with Gasteiger partial charge in [0, 0.05) is 31.9 Å². The average molecular weight is 536 g/mol. The monoisotopic (exact) mass is 535 g/mol. The predicted molar refractivity (Wildman–Crippen MR) is 128 cm³/mol. The fourth-order valence-corrected chi connectivity index (χ4v) is 5.28. The van der Waals surface area contributed by atoms with Crippen LogP contribution in [0.15, 0.2) is 42.0 Å². The number of rotatable bonds is 8. The predicted octanol–water partition coefficient (Wildman–Crippen LogP) is 5.15. The van der Waals surface area contributed by atoms with Crippen molar-refractivity contribution in [3.8, 4) is 11.8 Å². The highest BCUT2D eigenvalue weighted by Crippen LogP contribution is 2.35. The third kappa shape index (κ3) is 5.95. The molecular weight excluding hydrogens is 515 g/mol. The van der Waals surface area contributed by atoms with Crippen molar-refractivity contribution in [2.24, 2.45) is 0 Å². The number of ether oxygens (including phenoxy) is 1. The molecule has 0 spiro atoms. The van der Waals surface area contributed by atoms with Gasteiger partial charge in [0.25, 0.3) is 12.3 Å². The van der Waals surface area contributed by atoms with Gasteiger partial charge in [0.1, 0.15) is 35.1 Å². The lowest BCUT2D eigenvalue weighted by atomic mass is 10.0. The van der Waals surface area contributed by atoms with Gasteiger partial charge in [-0.15, -0.1) is 11.3 Å². The molecule has 0 saturated carbocycles. The van der Waals surface area contributed by atoms with E-state index in [0.29, 0.717) is 36.6 Å². The molecule has 2 aromatic heterocycles. The van der Waals surface area contributed by atoms with E-state index in [1.165, 1.54) is 23.8 Å². The summed E-state index contributed by atoms with van der Waals surface area (Å²) in [5.74, 6) is -0.959. The van der Waals surface area contributed by atoms with E-state index in [-0.39, 0.29) is 34.6 Å². The number of halogens is 4. The Morgan fingerprint density at radius 2 is 2.08 bits per heavy atom. The molecule has 1 saturated heterocycles. The highest BCUT2D eigenvalue weighted by Gasteiger charge is 2.32. The minimum Gasteiger partial charge on any atom is -0.490 e. The fourth-order valence-electron chi connectivity index (χ4n) is 4.10. The Morgan fingerprint density at radius 3 is 2.78 bits per heavy atom.